The van der Waals surface area contributed by atoms with Crippen molar-refractivity contribution in [3.8, 4) is 18.2 Å². The minimum Gasteiger partial charge on any atom is -0.380 e. The van der Waals surface area contributed by atoms with Crippen LogP contribution >= 0.6 is 0 Å². The number of anilines is 1. The first kappa shape index (κ1) is 17.9. The van der Waals surface area contributed by atoms with Crippen LogP contribution in [0, 0.1) is 47.1 Å². The van der Waals surface area contributed by atoms with Crippen LogP contribution in [-0.4, -0.2) is 37.0 Å². The summed E-state index contributed by atoms with van der Waals surface area (Å²) in [4.78, 5) is 32.0. The van der Waals surface area contributed by atoms with Crippen molar-refractivity contribution in [2.75, 3.05) is 12.4 Å². The Bertz CT molecular complexity index is 1580. The van der Waals surface area contributed by atoms with Crippen molar-refractivity contribution in [2.24, 2.45) is 0 Å². The number of hydrogen-bond donors (Lipinski definition) is 1. The molecule has 136 valence electrons. The van der Waals surface area contributed by atoms with E-state index in [1.54, 1.807) is 25.3 Å². The van der Waals surface area contributed by atoms with E-state index in [-0.39, 0.29) is 67.6 Å². The van der Waals surface area contributed by atoms with Crippen LogP contribution in [0.25, 0.3) is 42.8 Å². The molecule has 3 aromatic heterocycles. The number of rotatable bonds is 1. The van der Waals surface area contributed by atoms with Crippen LogP contribution < -0.4 is 5.32 Å². The molecular formula is C18H4N12. The van der Waals surface area contributed by atoms with E-state index in [4.69, 9.17) is 13.1 Å². The molecular weight excluding hydrogens is 384 g/mol. The molecule has 0 unspecified atom stereocenters. The summed E-state index contributed by atoms with van der Waals surface area (Å²) in [5.74, 6) is -0.132. The lowest BCUT2D eigenvalue weighted by atomic mass is 10.1. The fourth-order valence-corrected chi connectivity index (χ4v) is 2.83. The highest BCUT2D eigenvalue weighted by Crippen LogP contribution is 2.34. The maximum atomic E-state index is 9.33. The molecule has 0 saturated heterocycles. The van der Waals surface area contributed by atoms with Crippen LogP contribution in [0.4, 0.5) is 17.5 Å². The van der Waals surface area contributed by atoms with Crippen molar-refractivity contribution in [2.45, 2.75) is 0 Å². The Morgan fingerprint density at radius 1 is 0.633 bits per heavy atom. The van der Waals surface area contributed by atoms with E-state index in [9.17, 15) is 15.8 Å². The summed E-state index contributed by atoms with van der Waals surface area (Å²) < 4.78 is 0. The number of nitrogens with one attached hydrogen (secondary N) is 1. The highest BCUT2D eigenvalue weighted by Gasteiger charge is 2.26. The Hall–Kier alpha value is -5.51. The summed E-state index contributed by atoms with van der Waals surface area (Å²) in [7, 11) is 1.56. The lowest BCUT2D eigenvalue weighted by molar-refractivity contribution is 1.18. The van der Waals surface area contributed by atoms with E-state index in [1.165, 1.54) is 0 Å². The Labute approximate surface area is 167 Å². The average molecular weight is 388 g/mol. The predicted octanol–water partition coefficient (Wildman–Crippen LogP) is 2.27. The van der Waals surface area contributed by atoms with E-state index in [2.05, 4.69) is 44.9 Å². The van der Waals surface area contributed by atoms with Gasteiger partial charge in [-0.2, -0.15) is 15.8 Å². The summed E-state index contributed by atoms with van der Waals surface area (Å²) in [6, 6.07) is 5.39. The molecule has 0 atom stereocenters. The van der Waals surface area contributed by atoms with Crippen LogP contribution in [0.2, 0.25) is 0 Å². The minimum atomic E-state index is -0.245. The van der Waals surface area contributed by atoms with Gasteiger partial charge < -0.3 is 15.0 Å². The maximum Gasteiger partial charge on any atom is 0.312 e. The highest BCUT2D eigenvalue weighted by molar-refractivity contribution is 6.19. The summed E-state index contributed by atoms with van der Waals surface area (Å²) in [6.45, 7) is 14.6. The molecule has 3 heterocycles. The van der Waals surface area contributed by atoms with Gasteiger partial charge >= 0.3 is 11.6 Å². The molecule has 0 fully saturated rings. The fourth-order valence-electron chi connectivity index (χ4n) is 2.83. The number of benzene rings is 1. The zero-order chi connectivity index (χ0) is 21.4. The van der Waals surface area contributed by atoms with Crippen LogP contribution in [-0.2, 0) is 0 Å². The van der Waals surface area contributed by atoms with Crippen molar-refractivity contribution in [3.05, 3.63) is 39.9 Å². The molecule has 12 nitrogen and oxygen atoms in total. The predicted molar refractivity (Wildman–Crippen MR) is 102 cm³/mol. The van der Waals surface area contributed by atoms with Crippen molar-refractivity contribution in [1.29, 1.82) is 15.8 Å². The second kappa shape index (κ2) is 6.58. The standard InChI is InChI=1S/C18H4N12/c1-22-16-9(6-21)27-12-10-11(26-8(5-20)7(4-19)25-10)14-15(13(12)28-16)30-18(24-3)17(23-2)29-14/h3H3,(H,24,30). The first-order valence-electron chi connectivity index (χ1n) is 8.00. The summed E-state index contributed by atoms with van der Waals surface area (Å²) in [6.07, 6.45) is 0. The number of hydrogen-bond acceptors (Lipinski definition) is 10. The number of aromatic nitrogens is 6. The Morgan fingerprint density at radius 3 is 1.47 bits per heavy atom. The molecule has 0 bridgehead atoms. The van der Waals surface area contributed by atoms with Gasteiger partial charge in [0.2, 0.25) is 11.0 Å². The van der Waals surface area contributed by atoms with E-state index >= 15 is 0 Å². The van der Waals surface area contributed by atoms with Gasteiger partial charge in [-0.05, 0) is 0 Å². The second-order valence-electron chi connectivity index (χ2n) is 5.61. The van der Waals surface area contributed by atoms with Crippen LogP contribution in [0.5, 0.6) is 0 Å². The zero-order valence-corrected chi connectivity index (χ0v) is 14.9. The topological polar surface area (TPSA) is 169 Å². The quantitative estimate of drug-likeness (QED) is 0.377. The summed E-state index contributed by atoms with van der Waals surface area (Å²) in [5, 5.41) is 30.7. The van der Waals surface area contributed by atoms with Crippen molar-refractivity contribution in [1.82, 2.24) is 29.9 Å². The van der Waals surface area contributed by atoms with E-state index in [0.717, 1.165) is 0 Å². The van der Waals surface area contributed by atoms with Crippen molar-refractivity contribution >= 4 is 50.6 Å². The molecule has 0 amide bonds. The van der Waals surface area contributed by atoms with Gasteiger partial charge in [-0.25, -0.2) is 19.9 Å². The van der Waals surface area contributed by atoms with Crippen LogP contribution in [0.15, 0.2) is 0 Å². The minimum absolute atomic E-state index is 0.0519. The van der Waals surface area contributed by atoms with Gasteiger partial charge in [0.1, 0.15) is 34.8 Å². The third-order valence-corrected chi connectivity index (χ3v) is 4.09. The average Bonchev–Trinajstić information content (AvgIpc) is 2.81. The van der Waals surface area contributed by atoms with Gasteiger partial charge in [0, 0.05) is 7.05 Å². The van der Waals surface area contributed by atoms with E-state index in [1.807, 2.05) is 0 Å². The van der Waals surface area contributed by atoms with Gasteiger partial charge in [0.15, 0.2) is 28.4 Å². The number of nitrogens with zero attached hydrogens (tertiary/aromatic N) is 11. The second-order valence-corrected chi connectivity index (χ2v) is 5.61. The SMILES string of the molecule is [C-]#[N+]c1nc2c(nc1C#N)c1nc(C#N)c(C#N)nc1c1nc([N+]#[C-])c(NC)nc21. The lowest BCUT2D eigenvalue weighted by Gasteiger charge is -2.07. The highest BCUT2D eigenvalue weighted by atomic mass is 15.1. The van der Waals surface area contributed by atoms with Crippen LogP contribution in [0.1, 0.15) is 17.1 Å². The maximum absolute atomic E-state index is 9.33. The lowest BCUT2D eigenvalue weighted by Crippen LogP contribution is -2.03. The molecule has 0 spiro atoms. The number of fused-ring (bicyclic) bond motifs is 6. The normalized spacial score (nSPS) is 10.0. The van der Waals surface area contributed by atoms with Gasteiger partial charge in [-0.1, -0.05) is 13.1 Å². The molecule has 4 rings (SSSR count). The Balaban J connectivity index is 2.40. The zero-order valence-electron chi connectivity index (χ0n) is 14.9. The van der Waals surface area contributed by atoms with Gasteiger partial charge in [-0.15, -0.1) is 9.97 Å². The van der Waals surface area contributed by atoms with Gasteiger partial charge in [0.25, 0.3) is 0 Å². The van der Waals surface area contributed by atoms with Crippen molar-refractivity contribution in [3.63, 3.8) is 0 Å². The molecule has 1 aromatic carbocycles. The van der Waals surface area contributed by atoms with Crippen molar-refractivity contribution < 1.29 is 0 Å². The number of nitriles is 3. The smallest absolute Gasteiger partial charge is 0.312 e. The summed E-state index contributed by atoms with van der Waals surface area (Å²) >= 11 is 0. The molecule has 4 aromatic rings. The largest absolute Gasteiger partial charge is 0.380 e. The molecule has 0 aliphatic heterocycles. The first-order valence-corrected chi connectivity index (χ1v) is 8.00. The third-order valence-electron chi connectivity index (χ3n) is 4.09. The fraction of sp³-hybridized carbons (Fsp3) is 0.0556. The molecule has 0 aliphatic carbocycles. The van der Waals surface area contributed by atoms with Gasteiger partial charge in [-0.3, -0.25) is 0 Å². The van der Waals surface area contributed by atoms with E-state index in [0.29, 0.717) is 0 Å². The molecule has 0 saturated carbocycles. The monoisotopic (exact) mass is 388 g/mol. The van der Waals surface area contributed by atoms with Gasteiger partial charge in [0.05, 0.1) is 0 Å². The molecule has 1 N–H and O–H groups in total. The first-order chi connectivity index (χ1) is 14.6. The Morgan fingerprint density at radius 2 is 1.03 bits per heavy atom. The molecule has 12 heteroatoms. The Kier molecular flexibility index (Phi) is 3.92. The third kappa shape index (κ3) is 2.35. The summed E-state index contributed by atoms with van der Waals surface area (Å²) in [5.41, 5.74) is -0.163. The molecule has 0 radical (unpaired) electrons. The molecule has 0 aliphatic rings. The van der Waals surface area contributed by atoms with E-state index < -0.39 is 0 Å². The van der Waals surface area contributed by atoms with Crippen LogP contribution in [0.3, 0.4) is 0 Å². The molecule has 30 heavy (non-hydrogen) atoms.